The quantitative estimate of drug-likeness (QED) is 0.813. The summed E-state index contributed by atoms with van der Waals surface area (Å²) in [5.74, 6) is 0.294. The first-order valence-corrected chi connectivity index (χ1v) is 9.31. The van der Waals surface area contributed by atoms with E-state index in [1.807, 2.05) is 0 Å². The zero-order valence-electron chi connectivity index (χ0n) is 15.9. The molecule has 26 heavy (non-hydrogen) atoms. The Hall–Kier alpha value is -0.810. The van der Waals surface area contributed by atoms with Gasteiger partial charge in [-0.3, -0.25) is 9.69 Å². The van der Waals surface area contributed by atoms with Crippen molar-refractivity contribution < 1.29 is 4.79 Å². The lowest BCUT2D eigenvalue weighted by Crippen LogP contribution is -2.54. The average molecular weight is 402 g/mol. The molecule has 1 amide bonds. The number of carbonyl (C=O) groups is 1. The smallest absolute Gasteiger partial charge is 0.223 e. The Morgan fingerprint density at radius 1 is 1.23 bits per heavy atom. The number of fused-ring (bicyclic) bond motifs is 1. The molecule has 2 unspecified atom stereocenters. The van der Waals surface area contributed by atoms with Crippen molar-refractivity contribution in [1.29, 1.82) is 0 Å². The summed E-state index contributed by atoms with van der Waals surface area (Å²) in [7, 11) is 0. The molecule has 1 aliphatic heterocycles. The Morgan fingerprint density at radius 2 is 1.92 bits per heavy atom. The Bertz CT molecular complexity index is 594. The topological polar surface area (TPSA) is 58.4 Å². The molecule has 1 aliphatic carbocycles. The molecule has 6 heteroatoms. The molecule has 1 aromatic rings. The highest BCUT2D eigenvalue weighted by atomic mass is 35.5. The fourth-order valence-corrected chi connectivity index (χ4v) is 4.04. The molecular formula is C20H33Cl2N3O. The molecule has 0 radical (unpaired) electrons. The van der Waals surface area contributed by atoms with Gasteiger partial charge in [0.2, 0.25) is 5.91 Å². The van der Waals surface area contributed by atoms with Gasteiger partial charge in [0, 0.05) is 37.1 Å². The maximum atomic E-state index is 12.5. The van der Waals surface area contributed by atoms with Crippen LogP contribution in [0.1, 0.15) is 50.7 Å². The fourth-order valence-electron chi connectivity index (χ4n) is 4.04. The summed E-state index contributed by atoms with van der Waals surface area (Å²) < 4.78 is 0. The van der Waals surface area contributed by atoms with E-state index in [4.69, 9.17) is 5.73 Å². The van der Waals surface area contributed by atoms with Gasteiger partial charge in [-0.25, -0.2) is 0 Å². The van der Waals surface area contributed by atoms with Crippen LogP contribution in [0.2, 0.25) is 0 Å². The van der Waals surface area contributed by atoms with Crippen LogP contribution in [0.15, 0.2) is 24.3 Å². The lowest BCUT2D eigenvalue weighted by molar-refractivity contribution is -0.126. The number of benzene rings is 1. The van der Waals surface area contributed by atoms with E-state index in [1.165, 1.54) is 11.1 Å². The third-order valence-electron chi connectivity index (χ3n) is 5.77. The molecule has 1 aromatic carbocycles. The fraction of sp³-hybridized carbons (Fsp3) is 0.650. The summed E-state index contributed by atoms with van der Waals surface area (Å²) >= 11 is 0. The van der Waals surface area contributed by atoms with E-state index < -0.39 is 0 Å². The maximum Gasteiger partial charge on any atom is 0.223 e. The van der Waals surface area contributed by atoms with Crippen molar-refractivity contribution in [3.63, 3.8) is 0 Å². The summed E-state index contributed by atoms with van der Waals surface area (Å²) in [6.45, 7) is 7.17. The molecule has 0 aromatic heterocycles. The molecule has 1 heterocycles. The third-order valence-corrected chi connectivity index (χ3v) is 5.77. The third kappa shape index (κ3) is 5.59. The van der Waals surface area contributed by atoms with Crippen LogP contribution >= 0.6 is 24.8 Å². The standard InChI is InChI=1S/C20H31N3O.2ClH/c1-20(2,14-22-19(24)16-8-5-9-18(21)12-16)23-11-10-15-6-3-4-7-17(15)13-23;;/h3-4,6-7,16,18H,5,8-14,21H2,1-2H3,(H,22,24);2*1H. The van der Waals surface area contributed by atoms with Crippen molar-refractivity contribution >= 4 is 30.7 Å². The zero-order chi connectivity index (χ0) is 17.2. The van der Waals surface area contributed by atoms with Gasteiger partial charge in [-0.2, -0.15) is 0 Å². The van der Waals surface area contributed by atoms with E-state index in [0.717, 1.165) is 45.2 Å². The van der Waals surface area contributed by atoms with Crippen molar-refractivity contribution in [3.05, 3.63) is 35.4 Å². The highest BCUT2D eigenvalue weighted by Gasteiger charge is 2.31. The molecule has 4 nitrogen and oxygen atoms in total. The largest absolute Gasteiger partial charge is 0.354 e. The van der Waals surface area contributed by atoms with Crippen LogP contribution in [0.3, 0.4) is 0 Å². The van der Waals surface area contributed by atoms with Gasteiger partial charge in [-0.1, -0.05) is 30.7 Å². The minimum atomic E-state index is -0.0417. The van der Waals surface area contributed by atoms with Gasteiger partial charge < -0.3 is 11.1 Å². The van der Waals surface area contributed by atoms with Gasteiger partial charge in [0.05, 0.1) is 0 Å². The predicted octanol–water partition coefficient (Wildman–Crippen LogP) is 3.30. The van der Waals surface area contributed by atoms with Crippen molar-refractivity contribution in [2.75, 3.05) is 13.1 Å². The first-order chi connectivity index (χ1) is 11.5. The summed E-state index contributed by atoms with van der Waals surface area (Å²) in [4.78, 5) is 15.0. The van der Waals surface area contributed by atoms with Crippen LogP contribution < -0.4 is 11.1 Å². The predicted molar refractivity (Wildman–Crippen MR) is 112 cm³/mol. The number of halogens is 2. The zero-order valence-corrected chi connectivity index (χ0v) is 17.5. The van der Waals surface area contributed by atoms with Crippen molar-refractivity contribution in [2.24, 2.45) is 11.7 Å². The van der Waals surface area contributed by atoms with Crippen LogP contribution in [0, 0.1) is 5.92 Å². The van der Waals surface area contributed by atoms with E-state index in [0.29, 0.717) is 6.54 Å². The van der Waals surface area contributed by atoms with Gasteiger partial charge in [0.15, 0.2) is 0 Å². The first-order valence-electron chi connectivity index (χ1n) is 9.31. The number of nitrogens with one attached hydrogen (secondary N) is 1. The normalized spacial score (nSPS) is 23.2. The molecule has 3 N–H and O–H groups in total. The Labute approximate surface area is 170 Å². The van der Waals surface area contributed by atoms with E-state index in [-0.39, 0.29) is 48.2 Å². The number of nitrogens with zero attached hydrogens (tertiary/aromatic N) is 1. The van der Waals surface area contributed by atoms with Gasteiger partial charge in [0.1, 0.15) is 0 Å². The second-order valence-corrected chi connectivity index (χ2v) is 8.09. The van der Waals surface area contributed by atoms with E-state index in [2.05, 4.69) is 48.3 Å². The molecule has 0 bridgehead atoms. The first kappa shape index (κ1) is 23.2. The molecule has 0 saturated heterocycles. The second-order valence-electron chi connectivity index (χ2n) is 8.09. The SMILES string of the molecule is CC(C)(CNC(=O)C1CCCC(N)C1)N1CCc2ccccc2C1.Cl.Cl. The van der Waals surface area contributed by atoms with Gasteiger partial charge in [-0.15, -0.1) is 24.8 Å². The summed E-state index contributed by atoms with van der Waals surface area (Å²) in [5.41, 5.74) is 8.86. The van der Waals surface area contributed by atoms with Crippen LogP contribution in [0.25, 0.3) is 0 Å². The van der Waals surface area contributed by atoms with Gasteiger partial charge in [-0.05, 0) is 50.7 Å². The summed E-state index contributed by atoms with van der Waals surface area (Å²) in [6, 6.07) is 8.88. The molecule has 148 valence electrons. The molecule has 2 aliphatic rings. The molecule has 2 atom stereocenters. The Kier molecular flexibility index (Phi) is 8.87. The lowest BCUT2D eigenvalue weighted by Gasteiger charge is -2.42. The summed E-state index contributed by atoms with van der Waals surface area (Å²) in [5, 5.41) is 3.20. The van der Waals surface area contributed by atoms with Crippen LogP contribution in [0.4, 0.5) is 0 Å². The molecule has 1 fully saturated rings. The monoisotopic (exact) mass is 401 g/mol. The minimum absolute atomic E-state index is 0. The van der Waals surface area contributed by atoms with Crippen molar-refractivity contribution in [3.8, 4) is 0 Å². The van der Waals surface area contributed by atoms with Crippen molar-refractivity contribution in [2.45, 2.75) is 64.1 Å². The van der Waals surface area contributed by atoms with Crippen molar-refractivity contribution in [1.82, 2.24) is 10.2 Å². The van der Waals surface area contributed by atoms with E-state index in [9.17, 15) is 4.79 Å². The summed E-state index contributed by atoms with van der Waals surface area (Å²) in [6.07, 6.45) is 5.04. The Balaban J connectivity index is 0.00000169. The number of carbonyl (C=O) groups excluding carboxylic acids is 1. The van der Waals surface area contributed by atoms with E-state index >= 15 is 0 Å². The highest BCUT2D eigenvalue weighted by Crippen LogP contribution is 2.26. The Morgan fingerprint density at radius 3 is 2.62 bits per heavy atom. The molecule has 3 rings (SSSR count). The van der Waals surface area contributed by atoms with E-state index in [1.54, 1.807) is 0 Å². The number of hydrogen-bond acceptors (Lipinski definition) is 3. The number of rotatable bonds is 4. The molecule has 0 spiro atoms. The highest BCUT2D eigenvalue weighted by molar-refractivity contribution is 5.85. The second kappa shape index (κ2) is 9.93. The minimum Gasteiger partial charge on any atom is -0.354 e. The lowest BCUT2D eigenvalue weighted by atomic mass is 9.85. The van der Waals surface area contributed by atoms with Crippen LogP contribution in [-0.2, 0) is 17.8 Å². The average Bonchev–Trinajstić information content (AvgIpc) is 2.59. The molecular weight excluding hydrogens is 369 g/mol. The number of amides is 1. The van der Waals surface area contributed by atoms with Crippen LogP contribution in [0.5, 0.6) is 0 Å². The van der Waals surface area contributed by atoms with Crippen LogP contribution in [-0.4, -0.2) is 35.5 Å². The maximum absolute atomic E-state index is 12.5. The van der Waals surface area contributed by atoms with Gasteiger partial charge in [0.25, 0.3) is 0 Å². The van der Waals surface area contributed by atoms with Gasteiger partial charge >= 0.3 is 0 Å². The number of nitrogens with two attached hydrogens (primary N) is 1. The number of hydrogen-bond donors (Lipinski definition) is 2. The molecule has 1 saturated carbocycles.